The molecule has 1 amide bonds. The van der Waals surface area contributed by atoms with Crippen molar-refractivity contribution < 1.29 is 4.79 Å². The fourth-order valence-corrected chi connectivity index (χ4v) is 5.70. The molecule has 0 saturated heterocycles. The van der Waals surface area contributed by atoms with Gasteiger partial charge >= 0.3 is 0 Å². The molecule has 0 spiro atoms. The van der Waals surface area contributed by atoms with Crippen LogP contribution in [0.15, 0.2) is 84.0 Å². The lowest BCUT2D eigenvalue weighted by Gasteiger charge is -2.35. The van der Waals surface area contributed by atoms with Gasteiger partial charge in [-0.2, -0.15) is 10.4 Å². The maximum Gasteiger partial charge on any atom is 0.237 e. The van der Waals surface area contributed by atoms with E-state index in [4.69, 9.17) is 5.10 Å². The van der Waals surface area contributed by atoms with Crippen LogP contribution in [0.3, 0.4) is 0 Å². The zero-order chi connectivity index (χ0) is 24.8. The quantitative estimate of drug-likeness (QED) is 0.475. The fraction of sp³-hybridized carbons (Fsp3) is 0.300. The molecule has 0 aromatic heterocycles. The van der Waals surface area contributed by atoms with Crippen molar-refractivity contribution in [1.29, 1.82) is 5.26 Å². The first-order valence-corrected chi connectivity index (χ1v) is 12.1. The summed E-state index contributed by atoms with van der Waals surface area (Å²) in [5, 5.41) is 16.5. The molecule has 2 aliphatic heterocycles. The van der Waals surface area contributed by atoms with Gasteiger partial charge in [-0.05, 0) is 61.2 Å². The number of para-hydroxylation sites is 1. The molecule has 0 bridgehead atoms. The molecule has 0 radical (unpaired) electrons. The van der Waals surface area contributed by atoms with Crippen molar-refractivity contribution >= 4 is 23.0 Å². The molecule has 176 valence electrons. The molecule has 2 unspecified atom stereocenters. The normalized spacial score (nSPS) is 22.7. The standard InChI is InChI=1S/C30H30N4O/c1-29(2)26(18-19-30(3)24-12-8-9-13-25(24)33(4)28(30)35)34(23-16-14-21(20-31)15-17-23)32-27(29)22-10-6-5-7-11-22/h5-17,26H,18-19H2,1-4H3. The number of fused-ring (bicyclic) bond motifs is 1. The van der Waals surface area contributed by atoms with Gasteiger partial charge in [-0.1, -0.05) is 62.4 Å². The average molecular weight is 463 g/mol. The van der Waals surface area contributed by atoms with Gasteiger partial charge in [-0.3, -0.25) is 9.80 Å². The average Bonchev–Trinajstić information content (AvgIpc) is 3.26. The Bertz CT molecular complexity index is 1340. The van der Waals surface area contributed by atoms with Crippen LogP contribution in [0.4, 0.5) is 11.4 Å². The van der Waals surface area contributed by atoms with Crippen LogP contribution < -0.4 is 9.91 Å². The molecule has 3 aromatic carbocycles. The predicted octanol–water partition coefficient (Wildman–Crippen LogP) is 5.89. The molecule has 5 nitrogen and oxygen atoms in total. The zero-order valence-corrected chi connectivity index (χ0v) is 20.7. The summed E-state index contributed by atoms with van der Waals surface area (Å²) in [6.07, 6.45) is 1.50. The van der Waals surface area contributed by atoms with Gasteiger partial charge in [0.05, 0.1) is 34.5 Å². The predicted molar refractivity (Wildman–Crippen MR) is 141 cm³/mol. The molecule has 3 aromatic rings. The van der Waals surface area contributed by atoms with Crippen LogP contribution in [0.2, 0.25) is 0 Å². The summed E-state index contributed by atoms with van der Waals surface area (Å²) in [6.45, 7) is 6.56. The van der Waals surface area contributed by atoms with Crippen molar-refractivity contribution in [2.24, 2.45) is 10.5 Å². The Kier molecular flexibility index (Phi) is 5.48. The summed E-state index contributed by atoms with van der Waals surface area (Å²) in [6, 6.07) is 28.3. The third kappa shape index (κ3) is 3.61. The maximum atomic E-state index is 13.4. The molecule has 2 aliphatic rings. The topological polar surface area (TPSA) is 59.7 Å². The lowest BCUT2D eigenvalue weighted by molar-refractivity contribution is -0.122. The van der Waals surface area contributed by atoms with Gasteiger partial charge in [-0.15, -0.1) is 0 Å². The van der Waals surface area contributed by atoms with Gasteiger partial charge in [0.25, 0.3) is 0 Å². The third-order valence-corrected chi connectivity index (χ3v) is 7.81. The van der Waals surface area contributed by atoms with E-state index in [0.29, 0.717) is 12.0 Å². The lowest BCUT2D eigenvalue weighted by atomic mass is 9.72. The summed E-state index contributed by atoms with van der Waals surface area (Å²) in [7, 11) is 1.87. The van der Waals surface area contributed by atoms with Crippen molar-refractivity contribution in [1.82, 2.24) is 0 Å². The van der Waals surface area contributed by atoms with Crippen LogP contribution in [0.1, 0.15) is 50.3 Å². The Morgan fingerprint density at radius 1 is 0.943 bits per heavy atom. The summed E-state index contributed by atoms with van der Waals surface area (Å²) in [5.74, 6) is 0.142. The highest BCUT2D eigenvalue weighted by molar-refractivity contribution is 6.08. The lowest BCUT2D eigenvalue weighted by Crippen LogP contribution is -2.43. The van der Waals surface area contributed by atoms with Crippen LogP contribution in [0.25, 0.3) is 0 Å². The minimum absolute atomic E-state index is 0.0494. The number of nitriles is 1. The van der Waals surface area contributed by atoms with E-state index in [1.54, 1.807) is 4.90 Å². The van der Waals surface area contributed by atoms with Gasteiger partial charge in [0.1, 0.15) is 0 Å². The van der Waals surface area contributed by atoms with Crippen LogP contribution >= 0.6 is 0 Å². The molecule has 5 heteroatoms. The second-order valence-electron chi connectivity index (χ2n) is 10.3. The van der Waals surface area contributed by atoms with Crippen molar-refractivity contribution in [2.75, 3.05) is 17.0 Å². The molecule has 0 fully saturated rings. The molecule has 0 aliphatic carbocycles. The third-order valence-electron chi connectivity index (χ3n) is 7.81. The maximum absolute atomic E-state index is 13.4. The number of carbonyl (C=O) groups excluding carboxylic acids is 1. The van der Waals surface area contributed by atoms with Crippen molar-refractivity contribution in [3.05, 3.63) is 95.6 Å². The first-order valence-electron chi connectivity index (χ1n) is 12.1. The highest BCUT2D eigenvalue weighted by atomic mass is 16.2. The van der Waals surface area contributed by atoms with Gasteiger partial charge in [0, 0.05) is 18.2 Å². The van der Waals surface area contributed by atoms with E-state index in [1.807, 2.05) is 67.7 Å². The molecule has 35 heavy (non-hydrogen) atoms. The smallest absolute Gasteiger partial charge is 0.237 e. The van der Waals surface area contributed by atoms with Gasteiger partial charge in [0.15, 0.2) is 0 Å². The molecule has 2 heterocycles. The van der Waals surface area contributed by atoms with Gasteiger partial charge < -0.3 is 4.90 Å². The van der Waals surface area contributed by atoms with Crippen LogP contribution in [-0.2, 0) is 10.2 Å². The van der Waals surface area contributed by atoms with Crippen LogP contribution in [0, 0.1) is 16.7 Å². The highest BCUT2D eigenvalue weighted by Gasteiger charge is 2.49. The van der Waals surface area contributed by atoms with E-state index >= 15 is 0 Å². The summed E-state index contributed by atoms with van der Waals surface area (Å²) in [4.78, 5) is 15.2. The summed E-state index contributed by atoms with van der Waals surface area (Å²) >= 11 is 0. The molecular formula is C30H30N4O. The Balaban J connectivity index is 1.52. The first kappa shape index (κ1) is 22.9. The number of hydrogen-bond acceptors (Lipinski definition) is 4. The van der Waals surface area contributed by atoms with E-state index in [1.165, 1.54) is 0 Å². The molecule has 0 N–H and O–H groups in total. The molecule has 5 rings (SSSR count). The molecular weight excluding hydrogens is 432 g/mol. The van der Waals surface area contributed by atoms with Crippen molar-refractivity contribution in [3.8, 4) is 6.07 Å². The van der Waals surface area contributed by atoms with Crippen molar-refractivity contribution in [2.45, 2.75) is 45.1 Å². The number of benzene rings is 3. The number of rotatable bonds is 5. The van der Waals surface area contributed by atoms with E-state index in [2.05, 4.69) is 50.0 Å². The second kappa shape index (κ2) is 8.39. The van der Waals surface area contributed by atoms with Gasteiger partial charge in [0.2, 0.25) is 5.91 Å². The minimum Gasteiger partial charge on any atom is -0.314 e. The fourth-order valence-electron chi connectivity index (χ4n) is 5.70. The Morgan fingerprint density at radius 3 is 2.29 bits per heavy atom. The van der Waals surface area contributed by atoms with E-state index in [9.17, 15) is 10.1 Å². The Morgan fingerprint density at radius 2 is 1.60 bits per heavy atom. The number of nitrogens with zero attached hydrogens (tertiary/aromatic N) is 4. The number of likely N-dealkylation sites (N-methyl/N-ethyl adjacent to an activating group) is 1. The number of carbonyl (C=O) groups is 1. The van der Waals surface area contributed by atoms with E-state index < -0.39 is 5.41 Å². The molecule has 2 atom stereocenters. The number of hydrogen-bond donors (Lipinski definition) is 0. The summed E-state index contributed by atoms with van der Waals surface area (Å²) in [5.41, 5.74) is 4.98. The zero-order valence-electron chi connectivity index (χ0n) is 20.7. The Hall–Kier alpha value is -3.91. The Labute approximate surface area is 207 Å². The number of anilines is 2. The first-order chi connectivity index (χ1) is 16.8. The van der Waals surface area contributed by atoms with E-state index in [-0.39, 0.29) is 17.4 Å². The number of amides is 1. The van der Waals surface area contributed by atoms with E-state index in [0.717, 1.165) is 34.6 Å². The SMILES string of the molecule is CN1C(=O)C(C)(CCC2N(c3ccc(C#N)cc3)N=C(c3ccccc3)C2(C)C)c2ccccc21. The largest absolute Gasteiger partial charge is 0.314 e. The van der Waals surface area contributed by atoms with Gasteiger partial charge in [-0.25, -0.2) is 0 Å². The van der Waals surface area contributed by atoms with Crippen LogP contribution in [0.5, 0.6) is 0 Å². The monoisotopic (exact) mass is 462 g/mol. The highest BCUT2D eigenvalue weighted by Crippen LogP contribution is 2.47. The van der Waals surface area contributed by atoms with Crippen LogP contribution in [-0.4, -0.2) is 24.7 Å². The minimum atomic E-state index is -0.576. The second-order valence-corrected chi connectivity index (χ2v) is 10.3. The van der Waals surface area contributed by atoms with Crippen molar-refractivity contribution in [3.63, 3.8) is 0 Å². The number of hydrazone groups is 1. The molecule has 0 saturated carbocycles. The summed E-state index contributed by atoms with van der Waals surface area (Å²) < 4.78 is 0.